The van der Waals surface area contributed by atoms with E-state index in [2.05, 4.69) is 0 Å². The molecule has 0 aromatic heterocycles. The Morgan fingerprint density at radius 3 is 1.92 bits per heavy atom. The average molecular weight is 695 g/mol. The first-order chi connectivity index (χ1) is 23.4. The van der Waals surface area contributed by atoms with Gasteiger partial charge < -0.3 is 69.3 Å². The largest absolute Gasteiger partial charge is 0.504 e. The predicted molar refractivity (Wildman–Crippen MR) is 164 cm³/mol. The number of rotatable bonds is 14. The fourth-order valence-corrected chi connectivity index (χ4v) is 4.94. The van der Waals surface area contributed by atoms with Gasteiger partial charge in [0.05, 0.1) is 27.4 Å². The van der Waals surface area contributed by atoms with Gasteiger partial charge in [-0.15, -0.1) is 0 Å². The zero-order chi connectivity index (χ0) is 35.9. The molecule has 0 radical (unpaired) electrons. The van der Waals surface area contributed by atoms with E-state index in [0.717, 1.165) is 12.2 Å². The number of aromatic hydroxyl groups is 2. The van der Waals surface area contributed by atoms with Crippen molar-refractivity contribution in [3.8, 4) is 23.0 Å². The van der Waals surface area contributed by atoms with E-state index in [9.17, 15) is 50.4 Å². The molecule has 17 nitrogen and oxygen atoms in total. The van der Waals surface area contributed by atoms with Gasteiger partial charge in [0.15, 0.2) is 35.1 Å². The van der Waals surface area contributed by atoms with E-state index in [1.54, 1.807) is 0 Å². The molecule has 0 amide bonds. The van der Waals surface area contributed by atoms with Crippen LogP contribution in [0.5, 0.6) is 23.0 Å². The zero-order valence-corrected chi connectivity index (χ0v) is 26.3. The second kappa shape index (κ2) is 16.5. The summed E-state index contributed by atoms with van der Waals surface area (Å²) in [6.07, 6.45) is -9.90. The number of methoxy groups -OCH3 is 2. The highest BCUT2D eigenvalue weighted by molar-refractivity contribution is 5.94. The Balaban J connectivity index is 1.62. The molecule has 0 saturated carbocycles. The molecule has 9 atom stereocenters. The third-order valence-electron chi connectivity index (χ3n) is 7.60. The molecule has 2 aromatic rings. The Morgan fingerprint density at radius 2 is 1.37 bits per heavy atom. The molecule has 0 spiro atoms. The van der Waals surface area contributed by atoms with Crippen molar-refractivity contribution in [3.63, 3.8) is 0 Å². The fourth-order valence-electron chi connectivity index (χ4n) is 4.94. The van der Waals surface area contributed by atoms with Crippen molar-refractivity contribution < 1.29 is 83.6 Å². The first-order valence-corrected chi connectivity index (χ1v) is 14.8. The number of benzene rings is 2. The van der Waals surface area contributed by atoms with Gasteiger partial charge in [-0.1, -0.05) is 18.2 Å². The third kappa shape index (κ3) is 8.72. The summed E-state index contributed by atoms with van der Waals surface area (Å²) in [6, 6.07) is 8.48. The Labute approximate surface area is 279 Å². The highest BCUT2D eigenvalue weighted by Gasteiger charge is 2.62. The lowest BCUT2D eigenvalue weighted by Gasteiger charge is -2.43. The Bertz CT molecular complexity index is 1510. The number of carbonyl (C=O) groups is 2. The smallest absolute Gasteiger partial charge is 0.331 e. The normalized spacial score (nSPS) is 30.1. The molecule has 2 heterocycles. The van der Waals surface area contributed by atoms with Crippen LogP contribution < -0.4 is 9.47 Å². The van der Waals surface area contributed by atoms with E-state index in [4.69, 9.17) is 33.2 Å². The number of phenolic OH excluding ortho intramolecular Hbond substituents is 2. The maximum Gasteiger partial charge on any atom is 0.331 e. The van der Waals surface area contributed by atoms with Gasteiger partial charge in [-0.2, -0.15) is 0 Å². The third-order valence-corrected chi connectivity index (χ3v) is 7.60. The number of hydrogen-bond acceptors (Lipinski definition) is 17. The summed E-state index contributed by atoms with van der Waals surface area (Å²) in [5.41, 5.74) is 0.847. The standard InChI is InChI=1S/C32H38O17/c1-43-21-11-16(4-8-19(21)36)3-7-18(35)15-45-32(49-31-29(42)28(41)26(39)23(13-33)46-31)30(27(40)24(14-34)48-32)47-25(38)10-6-17-5-9-20(37)22(12-17)44-2/h3-12,23-24,26-31,33-34,36-37,39-42H,13-15H2,1-2H3/b7-3+,10-6+/t23-,24-,26-,27-,28+,29-,30+,31-,32-/m1/s1. The number of ether oxygens (including phenoxy) is 7. The molecule has 17 heteroatoms. The number of ketones is 1. The van der Waals surface area contributed by atoms with Gasteiger partial charge in [-0.25, -0.2) is 4.79 Å². The Morgan fingerprint density at radius 1 is 0.796 bits per heavy atom. The molecule has 8 N–H and O–H groups in total. The van der Waals surface area contributed by atoms with Gasteiger partial charge in [0.25, 0.3) is 0 Å². The summed E-state index contributed by atoms with van der Waals surface area (Å²) < 4.78 is 38.0. The first kappa shape index (κ1) is 37.7. The topological polar surface area (TPSA) is 261 Å². The van der Waals surface area contributed by atoms with E-state index >= 15 is 0 Å². The Hall–Kier alpha value is -4.14. The monoisotopic (exact) mass is 694 g/mol. The molecule has 2 saturated heterocycles. The number of esters is 1. The van der Waals surface area contributed by atoms with E-state index in [1.165, 1.54) is 62.8 Å². The van der Waals surface area contributed by atoms with Crippen LogP contribution in [-0.4, -0.2) is 142 Å². The zero-order valence-electron chi connectivity index (χ0n) is 26.3. The molecular formula is C32H38O17. The van der Waals surface area contributed by atoms with Crippen LogP contribution in [0, 0.1) is 0 Å². The second-order valence-electron chi connectivity index (χ2n) is 10.9. The molecule has 49 heavy (non-hydrogen) atoms. The van der Waals surface area contributed by atoms with Gasteiger partial charge in [0, 0.05) is 6.08 Å². The van der Waals surface area contributed by atoms with Crippen LogP contribution in [0.15, 0.2) is 48.6 Å². The second-order valence-corrected chi connectivity index (χ2v) is 10.9. The van der Waals surface area contributed by atoms with Crippen LogP contribution in [0.2, 0.25) is 0 Å². The van der Waals surface area contributed by atoms with Crippen molar-refractivity contribution in [3.05, 3.63) is 59.7 Å². The lowest BCUT2D eigenvalue weighted by Crippen LogP contribution is -2.63. The number of aliphatic hydroxyl groups is 6. The highest BCUT2D eigenvalue weighted by atomic mass is 16.9. The minimum absolute atomic E-state index is 0.115. The van der Waals surface area contributed by atoms with Crippen molar-refractivity contribution in [2.75, 3.05) is 34.0 Å². The minimum atomic E-state index is -2.79. The van der Waals surface area contributed by atoms with Crippen molar-refractivity contribution in [1.29, 1.82) is 0 Å². The molecule has 268 valence electrons. The van der Waals surface area contributed by atoms with Crippen LogP contribution in [0.3, 0.4) is 0 Å². The molecule has 2 aromatic carbocycles. The van der Waals surface area contributed by atoms with Gasteiger partial charge in [-0.3, -0.25) is 9.53 Å². The maximum atomic E-state index is 13.0. The number of phenols is 2. The SMILES string of the molecule is COc1cc(/C=C/C(=O)CO[C@@]2(O[C@H]3O[C@H](CO)[C@@H](O)[C@H](O)[C@H]3O)O[C@H](CO)[C@@H](O)[C@@H]2OC(=O)/C=C/c2ccc(O)c(OC)c2)ccc1O. The summed E-state index contributed by atoms with van der Waals surface area (Å²) in [5.74, 6) is -4.67. The predicted octanol–water partition coefficient (Wildman–Crippen LogP) is -1.44. The summed E-state index contributed by atoms with van der Waals surface area (Å²) in [7, 11) is 2.67. The molecular weight excluding hydrogens is 656 g/mol. The fraction of sp³-hybridized carbons (Fsp3) is 0.438. The lowest BCUT2D eigenvalue weighted by atomic mass is 9.99. The molecule has 0 bridgehead atoms. The van der Waals surface area contributed by atoms with E-state index in [1.807, 2.05) is 0 Å². The number of hydrogen-bond donors (Lipinski definition) is 8. The summed E-state index contributed by atoms with van der Waals surface area (Å²) in [5, 5.41) is 81.4. The lowest BCUT2D eigenvalue weighted by molar-refractivity contribution is -0.451. The molecule has 0 aliphatic carbocycles. The quantitative estimate of drug-likeness (QED) is 0.0640. The van der Waals surface area contributed by atoms with Crippen LogP contribution >= 0.6 is 0 Å². The van der Waals surface area contributed by atoms with Crippen LogP contribution in [0.25, 0.3) is 12.2 Å². The van der Waals surface area contributed by atoms with Gasteiger partial charge >= 0.3 is 11.9 Å². The summed E-state index contributed by atoms with van der Waals surface area (Å²) in [6.45, 7) is -2.60. The maximum absolute atomic E-state index is 13.0. The average Bonchev–Trinajstić information content (AvgIpc) is 3.36. The molecule has 2 aliphatic heterocycles. The van der Waals surface area contributed by atoms with Gasteiger partial charge in [-0.05, 0) is 47.5 Å². The summed E-state index contributed by atoms with van der Waals surface area (Å²) >= 11 is 0. The molecule has 2 fully saturated rings. The number of carbonyl (C=O) groups excluding carboxylic acids is 2. The molecule has 4 rings (SSSR count). The number of aliphatic hydroxyl groups excluding tert-OH is 6. The van der Waals surface area contributed by atoms with Gasteiger partial charge in [0.1, 0.15) is 43.2 Å². The van der Waals surface area contributed by atoms with Crippen molar-refractivity contribution in [2.24, 2.45) is 0 Å². The minimum Gasteiger partial charge on any atom is -0.504 e. The first-order valence-electron chi connectivity index (χ1n) is 14.8. The van der Waals surface area contributed by atoms with Crippen LogP contribution in [0.4, 0.5) is 0 Å². The van der Waals surface area contributed by atoms with Crippen LogP contribution in [-0.2, 0) is 33.3 Å². The summed E-state index contributed by atoms with van der Waals surface area (Å²) in [4.78, 5) is 26.0. The Kier molecular flexibility index (Phi) is 12.7. The highest BCUT2D eigenvalue weighted by Crippen LogP contribution is 2.39. The molecule has 0 unspecified atom stereocenters. The van der Waals surface area contributed by atoms with Gasteiger partial charge in [0.2, 0.25) is 6.10 Å². The van der Waals surface area contributed by atoms with Crippen molar-refractivity contribution in [2.45, 2.75) is 55.0 Å². The molecule has 2 aliphatic rings. The van der Waals surface area contributed by atoms with E-state index < -0.39 is 86.6 Å². The van der Waals surface area contributed by atoms with Crippen LogP contribution in [0.1, 0.15) is 11.1 Å². The van der Waals surface area contributed by atoms with Crippen molar-refractivity contribution in [1.82, 2.24) is 0 Å². The van der Waals surface area contributed by atoms with E-state index in [0.29, 0.717) is 11.1 Å². The van der Waals surface area contributed by atoms with Crippen molar-refractivity contribution >= 4 is 23.9 Å². The van der Waals surface area contributed by atoms with E-state index in [-0.39, 0.29) is 23.0 Å².